The summed E-state index contributed by atoms with van der Waals surface area (Å²) in [4.78, 5) is 2.41. The van der Waals surface area contributed by atoms with Crippen molar-refractivity contribution in [2.75, 3.05) is 31.1 Å². The zero-order valence-electron chi connectivity index (χ0n) is 13.0. The Kier molecular flexibility index (Phi) is 5.79. The molecule has 0 bridgehead atoms. The standard InChI is InChI=1S/C16H26N2O2S/c1-3-18(4-2)16(14-8-6-5-7-9-14)12-17-15-10-11-21(19,20)13-15/h5-9,15-17H,3-4,10-13H2,1-2H3. The Bertz CT molecular complexity index is 526. The summed E-state index contributed by atoms with van der Waals surface area (Å²) in [6, 6.07) is 10.9. The summed E-state index contributed by atoms with van der Waals surface area (Å²) in [5.41, 5.74) is 1.29. The molecule has 1 aliphatic heterocycles. The molecule has 1 aromatic carbocycles. The number of nitrogens with zero attached hydrogens (tertiary/aromatic N) is 1. The molecule has 1 aromatic rings. The first kappa shape index (κ1) is 16.5. The van der Waals surface area contributed by atoms with Gasteiger partial charge in [0.15, 0.2) is 9.84 Å². The maximum atomic E-state index is 11.6. The quantitative estimate of drug-likeness (QED) is 0.835. The van der Waals surface area contributed by atoms with E-state index in [0.717, 1.165) is 26.1 Å². The summed E-state index contributed by atoms with van der Waals surface area (Å²) < 4.78 is 23.1. The largest absolute Gasteiger partial charge is 0.311 e. The Balaban J connectivity index is 2.03. The molecule has 4 nitrogen and oxygen atoms in total. The normalized spacial score (nSPS) is 22.5. The third-order valence-electron chi connectivity index (χ3n) is 4.27. The lowest BCUT2D eigenvalue weighted by molar-refractivity contribution is 0.209. The summed E-state index contributed by atoms with van der Waals surface area (Å²) in [6.07, 6.45) is 0.738. The van der Waals surface area contributed by atoms with Gasteiger partial charge in [0.2, 0.25) is 0 Å². The molecule has 0 radical (unpaired) electrons. The van der Waals surface area contributed by atoms with Crippen LogP contribution in [0.1, 0.15) is 31.9 Å². The first-order valence-electron chi connectivity index (χ1n) is 7.78. The maximum absolute atomic E-state index is 11.6. The number of likely N-dealkylation sites (N-methyl/N-ethyl adjacent to an activating group) is 1. The van der Waals surface area contributed by atoms with Crippen LogP contribution in [0.15, 0.2) is 30.3 Å². The van der Waals surface area contributed by atoms with Gasteiger partial charge in [-0.3, -0.25) is 4.90 Å². The average molecular weight is 310 g/mol. The summed E-state index contributed by atoms with van der Waals surface area (Å²) >= 11 is 0. The minimum absolute atomic E-state index is 0.108. The average Bonchev–Trinajstić information content (AvgIpc) is 2.83. The van der Waals surface area contributed by atoms with E-state index in [4.69, 9.17) is 0 Å². The predicted octanol–water partition coefficient (Wildman–Crippen LogP) is 1.85. The van der Waals surface area contributed by atoms with E-state index >= 15 is 0 Å². The Morgan fingerprint density at radius 3 is 2.43 bits per heavy atom. The van der Waals surface area contributed by atoms with Gasteiger partial charge in [-0.2, -0.15) is 0 Å². The van der Waals surface area contributed by atoms with Crippen molar-refractivity contribution < 1.29 is 8.42 Å². The first-order valence-corrected chi connectivity index (χ1v) is 9.60. The van der Waals surface area contributed by atoms with Gasteiger partial charge in [0.05, 0.1) is 11.5 Å². The van der Waals surface area contributed by atoms with Gasteiger partial charge in [-0.05, 0) is 25.1 Å². The van der Waals surface area contributed by atoms with Crippen LogP contribution in [0.3, 0.4) is 0 Å². The van der Waals surface area contributed by atoms with E-state index in [1.807, 2.05) is 6.07 Å². The van der Waals surface area contributed by atoms with Crippen molar-refractivity contribution in [1.82, 2.24) is 10.2 Å². The number of nitrogens with one attached hydrogen (secondary N) is 1. The Morgan fingerprint density at radius 2 is 1.90 bits per heavy atom. The highest BCUT2D eigenvalue weighted by Gasteiger charge is 2.28. The molecule has 0 spiro atoms. The van der Waals surface area contributed by atoms with E-state index in [1.54, 1.807) is 0 Å². The van der Waals surface area contributed by atoms with Crippen LogP contribution < -0.4 is 5.32 Å². The first-order chi connectivity index (χ1) is 10.1. The van der Waals surface area contributed by atoms with Crippen LogP contribution in [0, 0.1) is 0 Å². The molecule has 1 N–H and O–H groups in total. The molecule has 0 aliphatic carbocycles. The van der Waals surface area contributed by atoms with E-state index in [9.17, 15) is 8.42 Å². The number of hydrogen-bond acceptors (Lipinski definition) is 4. The van der Waals surface area contributed by atoms with Crippen molar-refractivity contribution in [3.05, 3.63) is 35.9 Å². The Labute approximate surface area is 128 Å². The lowest BCUT2D eigenvalue weighted by Crippen LogP contribution is -2.40. The third-order valence-corrected chi connectivity index (χ3v) is 6.04. The predicted molar refractivity (Wildman–Crippen MR) is 87.2 cm³/mol. The van der Waals surface area contributed by atoms with Gasteiger partial charge in [0.1, 0.15) is 0 Å². The van der Waals surface area contributed by atoms with Gasteiger partial charge in [0, 0.05) is 18.6 Å². The van der Waals surface area contributed by atoms with Gasteiger partial charge >= 0.3 is 0 Å². The number of rotatable bonds is 7. The molecule has 1 heterocycles. The minimum Gasteiger partial charge on any atom is -0.311 e. The Morgan fingerprint density at radius 1 is 1.24 bits per heavy atom. The molecule has 2 rings (SSSR count). The van der Waals surface area contributed by atoms with Crippen molar-refractivity contribution in [1.29, 1.82) is 0 Å². The molecule has 118 valence electrons. The molecular formula is C16H26N2O2S. The maximum Gasteiger partial charge on any atom is 0.151 e. The minimum atomic E-state index is -2.82. The second kappa shape index (κ2) is 7.38. The van der Waals surface area contributed by atoms with Crippen molar-refractivity contribution >= 4 is 9.84 Å². The molecular weight excluding hydrogens is 284 g/mol. The summed E-state index contributed by atoms with van der Waals surface area (Å²) in [6.45, 7) is 7.10. The molecule has 2 unspecified atom stereocenters. The molecule has 0 aromatic heterocycles. The molecule has 1 aliphatic rings. The highest BCUT2D eigenvalue weighted by molar-refractivity contribution is 7.91. The Hall–Kier alpha value is -0.910. The number of sulfone groups is 1. The van der Waals surface area contributed by atoms with Gasteiger partial charge < -0.3 is 5.32 Å². The van der Waals surface area contributed by atoms with Crippen LogP contribution in [0.5, 0.6) is 0 Å². The SMILES string of the molecule is CCN(CC)C(CNC1CCS(=O)(=O)C1)c1ccccc1. The van der Waals surface area contributed by atoms with Crippen LogP contribution >= 0.6 is 0 Å². The van der Waals surface area contributed by atoms with Crippen LogP contribution in [0.25, 0.3) is 0 Å². The van der Waals surface area contributed by atoms with Crippen LogP contribution in [0.4, 0.5) is 0 Å². The summed E-state index contributed by atoms with van der Waals surface area (Å²) in [5.74, 6) is 0.610. The zero-order chi connectivity index (χ0) is 15.3. The van der Waals surface area contributed by atoms with Gasteiger partial charge in [-0.25, -0.2) is 8.42 Å². The van der Waals surface area contributed by atoms with Crippen molar-refractivity contribution in [3.63, 3.8) is 0 Å². The molecule has 21 heavy (non-hydrogen) atoms. The smallest absolute Gasteiger partial charge is 0.151 e. The van der Waals surface area contributed by atoms with Crippen LogP contribution in [0.2, 0.25) is 0 Å². The lowest BCUT2D eigenvalue weighted by atomic mass is 10.0. The monoisotopic (exact) mass is 310 g/mol. The molecule has 5 heteroatoms. The van der Waals surface area contributed by atoms with E-state index in [1.165, 1.54) is 5.56 Å². The fraction of sp³-hybridized carbons (Fsp3) is 0.625. The van der Waals surface area contributed by atoms with Crippen molar-refractivity contribution in [3.8, 4) is 0 Å². The summed E-state index contributed by atoms with van der Waals surface area (Å²) in [5, 5.41) is 3.46. The topological polar surface area (TPSA) is 49.4 Å². The highest BCUT2D eigenvalue weighted by Crippen LogP contribution is 2.20. The van der Waals surface area contributed by atoms with Crippen molar-refractivity contribution in [2.45, 2.75) is 32.4 Å². The van der Waals surface area contributed by atoms with Crippen LogP contribution in [-0.2, 0) is 9.84 Å². The number of hydrogen-bond donors (Lipinski definition) is 1. The molecule has 1 saturated heterocycles. The fourth-order valence-corrected chi connectivity index (χ4v) is 4.74. The van der Waals surface area contributed by atoms with E-state index in [0.29, 0.717) is 11.8 Å². The van der Waals surface area contributed by atoms with Gasteiger partial charge in [-0.1, -0.05) is 44.2 Å². The molecule has 0 saturated carbocycles. The second-order valence-electron chi connectivity index (χ2n) is 5.66. The lowest BCUT2D eigenvalue weighted by Gasteiger charge is -2.31. The van der Waals surface area contributed by atoms with E-state index in [-0.39, 0.29) is 11.8 Å². The molecule has 1 fully saturated rings. The van der Waals surface area contributed by atoms with E-state index < -0.39 is 9.84 Å². The van der Waals surface area contributed by atoms with E-state index in [2.05, 4.69) is 48.3 Å². The highest BCUT2D eigenvalue weighted by atomic mass is 32.2. The molecule has 0 amide bonds. The van der Waals surface area contributed by atoms with Crippen molar-refractivity contribution in [2.24, 2.45) is 0 Å². The summed E-state index contributed by atoms with van der Waals surface area (Å²) in [7, 11) is -2.82. The number of benzene rings is 1. The van der Waals surface area contributed by atoms with Crippen LogP contribution in [-0.4, -0.2) is 50.5 Å². The fourth-order valence-electron chi connectivity index (χ4n) is 3.03. The van der Waals surface area contributed by atoms with Gasteiger partial charge in [0.25, 0.3) is 0 Å². The van der Waals surface area contributed by atoms with Gasteiger partial charge in [-0.15, -0.1) is 0 Å². The second-order valence-corrected chi connectivity index (χ2v) is 7.88. The molecule has 2 atom stereocenters. The zero-order valence-corrected chi connectivity index (χ0v) is 13.8. The third kappa shape index (κ3) is 4.53.